The minimum atomic E-state index is -0.528. The Balaban J connectivity index is 2.94. The molecule has 0 aliphatic heterocycles. The molecule has 0 saturated heterocycles. The van der Waals surface area contributed by atoms with Gasteiger partial charge >= 0.3 is 0 Å². The highest BCUT2D eigenvalue weighted by atomic mass is 16.6. The molecule has 0 aromatic heterocycles. The monoisotopic (exact) mass is 235 g/mol. The minimum Gasteiger partial charge on any atom is -0.383 e. The summed E-state index contributed by atoms with van der Waals surface area (Å²) in [6.07, 6.45) is 0.453. The number of benzene rings is 1. The summed E-state index contributed by atoms with van der Waals surface area (Å²) in [4.78, 5) is 10.0. The molecule has 6 nitrogen and oxygen atoms in total. The number of nitro benzene ring substituents is 1. The second-order valence-electron chi connectivity index (χ2n) is 3.63. The number of non-ortho nitro benzene ring substituents is 1. The molecule has 1 unspecified atom stereocenters. The molecule has 0 amide bonds. The predicted octanol–water partition coefficient (Wildman–Crippen LogP) is 0.983. The summed E-state index contributed by atoms with van der Waals surface area (Å²) >= 11 is 0. The number of ether oxygens (including phenoxy) is 1. The summed E-state index contributed by atoms with van der Waals surface area (Å²) in [7, 11) is 1.54. The van der Waals surface area contributed by atoms with Crippen LogP contribution in [0.1, 0.15) is 11.1 Å². The lowest BCUT2D eigenvalue weighted by atomic mass is 10.0. The summed E-state index contributed by atoms with van der Waals surface area (Å²) in [6.45, 7) is 0.377. The third-order valence-corrected chi connectivity index (χ3v) is 2.29. The van der Waals surface area contributed by atoms with Crippen LogP contribution in [0, 0.1) is 21.4 Å². The van der Waals surface area contributed by atoms with Gasteiger partial charge in [0.1, 0.15) is 0 Å². The van der Waals surface area contributed by atoms with Crippen LogP contribution in [-0.4, -0.2) is 24.7 Å². The SMILES string of the molecule is COCC(N)Cc1ccc([N+](=O)[O-])cc1C#N. The van der Waals surface area contributed by atoms with Gasteiger partial charge in [0.2, 0.25) is 0 Å². The van der Waals surface area contributed by atoms with Crippen LogP contribution in [0.15, 0.2) is 18.2 Å². The van der Waals surface area contributed by atoms with E-state index in [-0.39, 0.29) is 17.3 Å². The number of hydrogen-bond acceptors (Lipinski definition) is 5. The molecule has 0 saturated carbocycles. The fourth-order valence-electron chi connectivity index (χ4n) is 1.52. The number of hydrogen-bond donors (Lipinski definition) is 1. The van der Waals surface area contributed by atoms with Crippen LogP contribution in [0.4, 0.5) is 5.69 Å². The van der Waals surface area contributed by atoms with Gasteiger partial charge in [0, 0.05) is 25.3 Å². The van der Waals surface area contributed by atoms with Crippen molar-refractivity contribution in [3.05, 3.63) is 39.4 Å². The van der Waals surface area contributed by atoms with Crippen molar-refractivity contribution in [3.63, 3.8) is 0 Å². The molecule has 0 spiro atoms. The van der Waals surface area contributed by atoms with Gasteiger partial charge in [-0.05, 0) is 12.0 Å². The molecule has 1 aromatic carbocycles. The highest BCUT2D eigenvalue weighted by Gasteiger charge is 2.12. The first-order chi connectivity index (χ1) is 8.08. The normalized spacial score (nSPS) is 11.8. The van der Waals surface area contributed by atoms with Gasteiger partial charge in [-0.15, -0.1) is 0 Å². The zero-order valence-electron chi connectivity index (χ0n) is 9.42. The molecule has 0 aliphatic carbocycles. The molecule has 0 fully saturated rings. The standard InChI is InChI=1S/C11H13N3O3/c1-17-7-10(13)4-8-2-3-11(14(15)16)5-9(8)6-12/h2-3,5,10H,4,7,13H2,1H3. The third kappa shape index (κ3) is 3.52. The molecule has 0 bridgehead atoms. The predicted molar refractivity (Wildman–Crippen MR) is 61.4 cm³/mol. The molecule has 6 heteroatoms. The maximum atomic E-state index is 10.6. The Morgan fingerprint density at radius 3 is 2.88 bits per heavy atom. The first-order valence-electron chi connectivity index (χ1n) is 5.00. The van der Waals surface area contributed by atoms with Gasteiger partial charge in [0.25, 0.3) is 5.69 Å². The molecule has 0 radical (unpaired) electrons. The maximum Gasteiger partial charge on any atom is 0.270 e. The van der Waals surface area contributed by atoms with Gasteiger partial charge < -0.3 is 10.5 Å². The largest absolute Gasteiger partial charge is 0.383 e. The van der Waals surface area contributed by atoms with Crippen LogP contribution < -0.4 is 5.73 Å². The summed E-state index contributed by atoms with van der Waals surface area (Å²) in [5.74, 6) is 0. The van der Waals surface area contributed by atoms with Crippen molar-refractivity contribution in [2.75, 3.05) is 13.7 Å². The third-order valence-electron chi connectivity index (χ3n) is 2.29. The second kappa shape index (κ2) is 5.94. The van der Waals surface area contributed by atoms with E-state index in [4.69, 9.17) is 15.7 Å². The summed E-state index contributed by atoms with van der Waals surface area (Å²) in [5.41, 5.74) is 6.66. The number of nitro groups is 1. The highest BCUT2D eigenvalue weighted by Crippen LogP contribution is 2.18. The van der Waals surface area contributed by atoms with Gasteiger partial charge in [-0.3, -0.25) is 10.1 Å². The molecule has 17 heavy (non-hydrogen) atoms. The molecule has 1 rings (SSSR count). The van der Waals surface area contributed by atoms with E-state index < -0.39 is 4.92 Å². The first kappa shape index (κ1) is 13.1. The lowest BCUT2D eigenvalue weighted by Crippen LogP contribution is -2.28. The van der Waals surface area contributed by atoms with E-state index in [9.17, 15) is 10.1 Å². The van der Waals surface area contributed by atoms with Crippen LogP contribution in [0.5, 0.6) is 0 Å². The molecule has 0 heterocycles. The molecule has 1 aromatic rings. The maximum absolute atomic E-state index is 10.6. The van der Waals surface area contributed by atoms with Gasteiger partial charge in [0.05, 0.1) is 23.2 Å². The lowest BCUT2D eigenvalue weighted by Gasteiger charge is -2.11. The van der Waals surface area contributed by atoms with E-state index in [0.717, 1.165) is 0 Å². The van der Waals surface area contributed by atoms with Crippen LogP contribution in [-0.2, 0) is 11.2 Å². The van der Waals surface area contributed by atoms with Crippen molar-refractivity contribution in [1.29, 1.82) is 5.26 Å². The Morgan fingerprint density at radius 1 is 1.65 bits per heavy atom. The fourth-order valence-corrected chi connectivity index (χ4v) is 1.52. The van der Waals surface area contributed by atoms with Crippen molar-refractivity contribution in [3.8, 4) is 6.07 Å². The zero-order valence-corrected chi connectivity index (χ0v) is 9.42. The fraction of sp³-hybridized carbons (Fsp3) is 0.364. The van der Waals surface area contributed by atoms with Crippen LogP contribution >= 0.6 is 0 Å². The Labute approximate surface area is 98.8 Å². The Morgan fingerprint density at radius 2 is 2.35 bits per heavy atom. The number of nitriles is 1. The van der Waals surface area contributed by atoms with E-state index in [1.54, 1.807) is 13.2 Å². The quantitative estimate of drug-likeness (QED) is 0.605. The zero-order chi connectivity index (χ0) is 12.8. The number of rotatable bonds is 5. The van der Waals surface area contributed by atoms with Gasteiger partial charge in [0.15, 0.2) is 0 Å². The van der Waals surface area contributed by atoms with Crippen LogP contribution in [0.2, 0.25) is 0 Å². The lowest BCUT2D eigenvalue weighted by molar-refractivity contribution is -0.384. The van der Waals surface area contributed by atoms with Crippen molar-refractivity contribution in [2.45, 2.75) is 12.5 Å². The summed E-state index contributed by atoms with van der Waals surface area (Å²) < 4.78 is 4.90. The van der Waals surface area contributed by atoms with Gasteiger partial charge in [-0.25, -0.2) is 0 Å². The Bertz CT molecular complexity index is 454. The molecule has 2 N–H and O–H groups in total. The van der Waals surface area contributed by atoms with Crippen molar-refractivity contribution in [1.82, 2.24) is 0 Å². The average Bonchev–Trinajstić information content (AvgIpc) is 2.29. The van der Waals surface area contributed by atoms with Gasteiger partial charge in [-0.1, -0.05) is 6.07 Å². The second-order valence-corrected chi connectivity index (χ2v) is 3.63. The average molecular weight is 235 g/mol. The smallest absolute Gasteiger partial charge is 0.270 e. The van der Waals surface area contributed by atoms with E-state index in [1.165, 1.54) is 12.1 Å². The first-order valence-corrected chi connectivity index (χ1v) is 5.00. The summed E-state index contributed by atoms with van der Waals surface area (Å²) in [6, 6.07) is 5.90. The van der Waals surface area contributed by atoms with E-state index in [1.807, 2.05) is 6.07 Å². The number of nitrogens with zero attached hydrogens (tertiary/aromatic N) is 2. The number of methoxy groups -OCH3 is 1. The van der Waals surface area contributed by atoms with Crippen LogP contribution in [0.3, 0.4) is 0 Å². The Kier molecular flexibility index (Phi) is 4.57. The number of nitrogens with two attached hydrogens (primary N) is 1. The highest BCUT2D eigenvalue weighted by molar-refractivity contribution is 5.46. The summed E-state index contributed by atoms with van der Waals surface area (Å²) in [5, 5.41) is 19.5. The molecule has 1 atom stereocenters. The van der Waals surface area contributed by atoms with Crippen molar-refractivity contribution < 1.29 is 9.66 Å². The molecular formula is C11H13N3O3. The molecule has 0 aliphatic rings. The molecular weight excluding hydrogens is 222 g/mol. The van der Waals surface area contributed by atoms with Gasteiger partial charge in [-0.2, -0.15) is 5.26 Å². The minimum absolute atomic E-state index is 0.0920. The van der Waals surface area contributed by atoms with E-state index in [2.05, 4.69) is 0 Å². The topological polar surface area (TPSA) is 102 Å². The van der Waals surface area contributed by atoms with E-state index >= 15 is 0 Å². The van der Waals surface area contributed by atoms with Crippen molar-refractivity contribution in [2.24, 2.45) is 5.73 Å². The van der Waals surface area contributed by atoms with Crippen LogP contribution in [0.25, 0.3) is 0 Å². The van der Waals surface area contributed by atoms with E-state index in [0.29, 0.717) is 18.6 Å². The Hall–Kier alpha value is -1.97. The molecule has 90 valence electrons. The van der Waals surface area contributed by atoms with Crippen molar-refractivity contribution >= 4 is 5.69 Å².